The number of phenolic OH excluding ortho intramolecular Hbond substituents is 1. The summed E-state index contributed by atoms with van der Waals surface area (Å²) < 4.78 is 5.56. The van der Waals surface area contributed by atoms with E-state index in [2.05, 4.69) is 0 Å². The monoisotopic (exact) mass is 234 g/mol. The molecule has 2 N–H and O–H groups in total. The Kier molecular flexibility index (Phi) is 2.58. The van der Waals surface area contributed by atoms with Crippen LogP contribution < -0.4 is 4.74 Å². The quantitative estimate of drug-likeness (QED) is 0.782. The lowest BCUT2D eigenvalue weighted by atomic mass is 9.96. The van der Waals surface area contributed by atoms with Gasteiger partial charge in [0.1, 0.15) is 17.6 Å². The number of ether oxygens (including phenoxy) is 1. The summed E-state index contributed by atoms with van der Waals surface area (Å²) in [5.41, 5.74) is 2.21. The molecule has 0 radical (unpaired) electrons. The standard InChI is InChI=1S/C13H14O4/c1-6-4-11-9(7(2)12(6)14)5-10(13(15)16)8(3)17-11/h4-5,8,14H,1-3H3,(H,15,16). The van der Waals surface area contributed by atoms with Crippen LogP contribution in [0, 0.1) is 13.8 Å². The normalized spacial score (nSPS) is 18.1. The Morgan fingerprint density at radius 1 is 1.41 bits per heavy atom. The van der Waals surface area contributed by atoms with E-state index in [1.54, 1.807) is 32.9 Å². The second-order valence-electron chi connectivity index (χ2n) is 4.24. The van der Waals surface area contributed by atoms with Crippen molar-refractivity contribution in [1.82, 2.24) is 0 Å². The molecule has 1 aromatic rings. The number of carboxylic acid groups (broad SMARTS) is 1. The third-order valence-corrected chi connectivity index (χ3v) is 3.03. The summed E-state index contributed by atoms with van der Waals surface area (Å²) >= 11 is 0. The Balaban J connectivity index is 2.66. The van der Waals surface area contributed by atoms with E-state index >= 15 is 0 Å². The summed E-state index contributed by atoms with van der Waals surface area (Å²) in [7, 11) is 0. The van der Waals surface area contributed by atoms with E-state index in [4.69, 9.17) is 9.84 Å². The highest BCUT2D eigenvalue weighted by atomic mass is 16.5. The summed E-state index contributed by atoms with van der Waals surface area (Å²) in [5.74, 6) is -0.194. The molecule has 1 unspecified atom stereocenters. The second-order valence-corrected chi connectivity index (χ2v) is 4.24. The largest absolute Gasteiger partial charge is 0.507 e. The van der Waals surface area contributed by atoms with Gasteiger partial charge in [0, 0.05) is 11.1 Å². The highest BCUT2D eigenvalue weighted by Crippen LogP contribution is 2.38. The molecule has 0 aromatic heterocycles. The molecule has 0 bridgehead atoms. The van der Waals surface area contributed by atoms with E-state index in [1.165, 1.54) is 0 Å². The van der Waals surface area contributed by atoms with E-state index in [-0.39, 0.29) is 11.3 Å². The SMILES string of the molecule is Cc1cc2c(c(C)c1O)C=C(C(=O)O)C(C)O2. The first-order valence-electron chi connectivity index (χ1n) is 5.36. The molecule has 4 nitrogen and oxygen atoms in total. The zero-order valence-corrected chi connectivity index (χ0v) is 9.94. The van der Waals surface area contributed by atoms with Crippen LogP contribution in [0.3, 0.4) is 0 Å². The molecule has 0 fully saturated rings. The van der Waals surface area contributed by atoms with E-state index < -0.39 is 12.1 Å². The fourth-order valence-electron chi connectivity index (χ4n) is 1.99. The first kappa shape index (κ1) is 11.5. The second kappa shape index (κ2) is 3.80. The van der Waals surface area contributed by atoms with Gasteiger partial charge < -0.3 is 14.9 Å². The van der Waals surface area contributed by atoms with Gasteiger partial charge in [-0.05, 0) is 38.5 Å². The Hall–Kier alpha value is -1.97. The number of carboxylic acids is 1. The molecule has 0 saturated carbocycles. The van der Waals surface area contributed by atoms with E-state index in [0.29, 0.717) is 16.9 Å². The number of hydrogen-bond donors (Lipinski definition) is 2. The van der Waals surface area contributed by atoms with Gasteiger partial charge in [-0.1, -0.05) is 0 Å². The van der Waals surface area contributed by atoms with Crippen LogP contribution in [-0.2, 0) is 4.79 Å². The number of aryl methyl sites for hydroxylation is 1. The van der Waals surface area contributed by atoms with Crippen molar-refractivity contribution in [2.24, 2.45) is 0 Å². The minimum absolute atomic E-state index is 0.183. The van der Waals surface area contributed by atoms with Crippen molar-refractivity contribution >= 4 is 12.0 Å². The number of aliphatic carboxylic acids is 1. The van der Waals surface area contributed by atoms with Crippen molar-refractivity contribution in [2.75, 3.05) is 0 Å². The first-order valence-corrected chi connectivity index (χ1v) is 5.36. The number of phenols is 1. The highest BCUT2D eigenvalue weighted by molar-refractivity contribution is 5.95. The van der Waals surface area contributed by atoms with E-state index in [1.807, 2.05) is 0 Å². The molecule has 0 amide bonds. The Labute approximate surface area is 99.2 Å². The third kappa shape index (κ3) is 1.75. The molecule has 0 saturated heterocycles. The molecule has 1 aliphatic rings. The number of hydrogen-bond acceptors (Lipinski definition) is 3. The van der Waals surface area contributed by atoms with Gasteiger partial charge in [0.2, 0.25) is 0 Å². The molecular formula is C13H14O4. The van der Waals surface area contributed by atoms with Gasteiger partial charge in [-0.15, -0.1) is 0 Å². The maximum atomic E-state index is 11.0. The smallest absolute Gasteiger partial charge is 0.335 e. The Morgan fingerprint density at radius 3 is 2.65 bits per heavy atom. The average Bonchev–Trinajstić information content (AvgIpc) is 2.25. The van der Waals surface area contributed by atoms with Crippen LogP contribution >= 0.6 is 0 Å². The maximum absolute atomic E-state index is 11.0. The van der Waals surface area contributed by atoms with Gasteiger partial charge in [-0.2, -0.15) is 0 Å². The lowest BCUT2D eigenvalue weighted by Gasteiger charge is -2.24. The Morgan fingerprint density at radius 2 is 2.06 bits per heavy atom. The van der Waals surface area contributed by atoms with Crippen molar-refractivity contribution < 1.29 is 19.7 Å². The lowest BCUT2D eigenvalue weighted by Crippen LogP contribution is -2.24. The molecule has 90 valence electrons. The number of aromatic hydroxyl groups is 1. The number of carbonyl (C=O) groups is 1. The zero-order chi connectivity index (χ0) is 12.7. The van der Waals surface area contributed by atoms with Gasteiger partial charge >= 0.3 is 5.97 Å². The predicted octanol–water partition coefficient (Wildman–Crippen LogP) is 2.26. The summed E-state index contributed by atoms with van der Waals surface area (Å²) in [6.45, 7) is 5.23. The van der Waals surface area contributed by atoms with Crippen molar-refractivity contribution in [1.29, 1.82) is 0 Å². The van der Waals surface area contributed by atoms with Gasteiger partial charge in [0.25, 0.3) is 0 Å². The van der Waals surface area contributed by atoms with E-state index in [9.17, 15) is 9.90 Å². The third-order valence-electron chi connectivity index (χ3n) is 3.03. The van der Waals surface area contributed by atoms with Crippen LogP contribution in [0.2, 0.25) is 0 Å². The summed E-state index contributed by atoms with van der Waals surface area (Å²) in [4.78, 5) is 11.0. The average molecular weight is 234 g/mol. The molecule has 1 heterocycles. The molecule has 1 aromatic carbocycles. The molecule has 0 spiro atoms. The van der Waals surface area contributed by atoms with Gasteiger partial charge in [-0.3, -0.25) is 0 Å². The van der Waals surface area contributed by atoms with Gasteiger partial charge in [0.15, 0.2) is 0 Å². The topological polar surface area (TPSA) is 66.8 Å². The molecule has 4 heteroatoms. The van der Waals surface area contributed by atoms with Crippen molar-refractivity contribution in [2.45, 2.75) is 26.9 Å². The fraction of sp³-hybridized carbons (Fsp3) is 0.308. The van der Waals surface area contributed by atoms with Crippen molar-refractivity contribution in [3.8, 4) is 11.5 Å². The summed E-state index contributed by atoms with van der Waals surface area (Å²) in [5, 5.41) is 18.9. The van der Waals surface area contributed by atoms with Crippen LogP contribution in [0.1, 0.15) is 23.6 Å². The van der Waals surface area contributed by atoms with Crippen LogP contribution in [0.15, 0.2) is 11.6 Å². The highest BCUT2D eigenvalue weighted by Gasteiger charge is 2.26. The minimum atomic E-state index is -0.998. The lowest BCUT2D eigenvalue weighted by molar-refractivity contribution is -0.133. The molecule has 17 heavy (non-hydrogen) atoms. The number of benzene rings is 1. The molecule has 1 atom stereocenters. The van der Waals surface area contributed by atoms with Crippen molar-refractivity contribution in [3.63, 3.8) is 0 Å². The van der Waals surface area contributed by atoms with Crippen molar-refractivity contribution in [3.05, 3.63) is 28.3 Å². The predicted molar refractivity (Wildman–Crippen MR) is 63.3 cm³/mol. The fourth-order valence-corrected chi connectivity index (χ4v) is 1.99. The Bertz CT molecular complexity index is 529. The molecule has 0 aliphatic carbocycles. The first-order chi connectivity index (χ1) is 7.91. The molecular weight excluding hydrogens is 220 g/mol. The van der Waals surface area contributed by atoms with Crippen LogP contribution in [0.25, 0.3) is 6.08 Å². The van der Waals surface area contributed by atoms with E-state index in [0.717, 1.165) is 5.56 Å². The van der Waals surface area contributed by atoms with Crippen LogP contribution in [-0.4, -0.2) is 22.3 Å². The number of rotatable bonds is 1. The van der Waals surface area contributed by atoms with Crippen LogP contribution in [0.4, 0.5) is 0 Å². The van der Waals surface area contributed by atoms with Crippen LogP contribution in [0.5, 0.6) is 11.5 Å². The number of fused-ring (bicyclic) bond motifs is 1. The molecule has 2 rings (SSSR count). The minimum Gasteiger partial charge on any atom is -0.507 e. The summed E-state index contributed by atoms with van der Waals surface area (Å²) in [6, 6.07) is 1.73. The summed E-state index contributed by atoms with van der Waals surface area (Å²) in [6.07, 6.45) is 1.09. The maximum Gasteiger partial charge on any atom is 0.335 e. The zero-order valence-electron chi connectivity index (χ0n) is 9.94. The van der Waals surface area contributed by atoms with Gasteiger partial charge in [-0.25, -0.2) is 4.79 Å². The van der Waals surface area contributed by atoms with Gasteiger partial charge in [0.05, 0.1) is 5.57 Å². The molecule has 1 aliphatic heterocycles.